The van der Waals surface area contributed by atoms with Crippen molar-refractivity contribution in [2.24, 2.45) is 0 Å². The highest BCUT2D eigenvalue weighted by atomic mass is 19.4. The predicted octanol–water partition coefficient (Wildman–Crippen LogP) is 2.08. The smallest absolute Gasteiger partial charge is 0.322 e. The zero-order chi connectivity index (χ0) is 13.2. The van der Waals surface area contributed by atoms with Crippen molar-refractivity contribution >= 4 is 11.6 Å². The fraction of sp³-hybridized carbons (Fsp3) is 0.100. The lowest BCUT2D eigenvalue weighted by Gasteiger charge is -2.08. The molecule has 2 aromatic rings. The van der Waals surface area contributed by atoms with E-state index < -0.39 is 17.8 Å². The molecule has 0 spiro atoms. The molecule has 0 aliphatic carbocycles. The van der Waals surface area contributed by atoms with Gasteiger partial charge in [-0.3, -0.25) is 14.9 Å². The highest BCUT2D eigenvalue weighted by molar-refractivity contribution is 6.03. The van der Waals surface area contributed by atoms with E-state index in [1.54, 1.807) is 0 Å². The summed E-state index contributed by atoms with van der Waals surface area (Å²) in [4.78, 5) is 14.7. The van der Waals surface area contributed by atoms with Gasteiger partial charge in [-0.2, -0.15) is 18.3 Å². The third-order valence-corrected chi connectivity index (χ3v) is 2.07. The van der Waals surface area contributed by atoms with Crippen LogP contribution in [0, 0.1) is 0 Å². The number of amides is 1. The largest absolute Gasteiger partial charge is 0.433 e. The molecule has 2 heterocycles. The highest BCUT2D eigenvalue weighted by Gasteiger charge is 2.32. The molecular weight excluding hydrogens is 249 g/mol. The molecule has 8 heteroatoms. The third kappa shape index (κ3) is 2.65. The van der Waals surface area contributed by atoms with Gasteiger partial charge in [0.1, 0.15) is 5.69 Å². The van der Waals surface area contributed by atoms with Crippen molar-refractivity contribution in [2.45, 2.75) is 6.18 Å². The number of nitrogens with zero attached hydrogens (tertiary/aromatic N) is 2. The topological polar surface area (TPSA) is 70.7 Å². The van der Waals surface area contributed by atoms with Gasteiger partial charge in [0.25, 0.3) is 5.91 Å². The molecule has 0 radical (unpaired) electrons. The standard InChI is InChI=1S/C10H7F3N4O/c11-10(12,13)8-3-7(1-2-14-8)17-9(18)6-4-15-16-5-6/h1-5H,(H,15,16)(H,14,17,18). The maximum Gasteiger partial charge on any atom is 0.433 e. The normalized spacial score (nSPS) is 11.3. The van der Waals surface area contributed by atoms with E-state index in [4.69, 9.17) is 0 Å². The van der Waals surface area contributed by atoms with Gasteiger partial charge in [0, 0.05) is 18.1 Å². The van der Waals surface area contributed by atoms with Gasteiger partial charge in [-0.25, -0.2) is 0 Å². The number of carbonyl (C=O) groups is 1. The second-order valence-electron chi connectivity index (χ2n) is 3.37. The van der Waals surface area contributed by atoms with Crippen molar-refractivity contribution in [1.82, 2.24) is 15.2 Å². The molecule has 0 unspecified atom stereocenters. The number of hydrogen-bond acceptors (Lipinski definition) is 3. The average molecular weight is 256 g/mol. The Labute approximate surface area is 99.0 Å². The maximum absolute atomic E-state index is 12.4. The molecule has 2 N–H and O–H groups in total. The molecule has 2 aromatic heterocycles. The van der Waals surface area contributed by atoms with Crippen LogP contribution in [0.3, 0.4) is 0 Å². The Morgan fingerprint density at radius 3 is 2.78 bits per heavy atom. The number of anilines is 1. The molecule has 5 nitrogen and oxygen atoms in total. The van der Waals surface area contributed by atoms with E-state index in [9.17, 15) is 18.0 Å². The van der Waals surface area contributed by atoms with Crippen molar-refractivity contribution in [3.8, 4) is 0 Å². The minimum Gasteiger partial charge on any atom is -0.322 e. The molecule has 2 rings (SSSR count). The van der Waals surface area contributed by atoms with Gasteiger partial charge in [0.15, 0.2) is 0 Å². The van der Waals surface area contributed by atoms with Gasteiger partial charge in [-0.15, -0.1) is 0 Å². The molecule has 0 bridgehead atoms. The molecule has 1 amide bonds. The van der Waals surface area contributed by atoms with E-state index >= 15 is 0 Å². The second kappa shape index (κ2) is 4.47. The number of aromatic amines is 1. The first kappa shape index (κ1) is 12.1. The van der Waals surface area contributed by atoms with E-state index in [0.717, 1.165) is 12.3 Å². The molecule has 0 aliphatic rings. The molecular formula is C10H7F3N4O. The van der Waals surface area contributed by atoms with Crippen molar-refractivity contribution in [2.75, 3.05) is 5.32 Å². The monoisotopic (exact) mass is 256 g/mol. The van der Waals surface area contributed by atoms with E-state index in [-0.39, 0.29) is 11.3 Å². The first-order valence-electron chi connectivity index (χ1n) is 4.80. The summed E-state index contributed by atoms with van der Waals surface area (Å²) in [5.74, 6) is -0.553. The van der Waals surface area contributed by atoms with Gasteiger partial charge in [0.05, 0.1) is 11.8 Å². The molecule has 0 saturated carbocycles. The molecule has 94 valence electrons. The SMILES string of the molecule is O=C(Nc1ccnc(C(F)(F)F)c1)c1cn[nH]c1. The Kier molecular flexibility index (Phi) is 3.00. The number of hydrogen-bond donors (Lipinski definition) is 2. The van der Waals surface area contributed by atoms with Crippen LogP contribution in [0.1, 0.15) is 16.1 Å². The average Bonchev–Trinajstić information content (AvgIpc) is 2.81. The van der Waals surface area contributed by atoms with Crippen molar-refractivity contribution in [3.05, 3.63) is 42.0 Å². The summed E-state index contributed by atoms with van der Waals surface area (Å²) >= 11 is 0. The quantitative estimate of drug-likeness (QED) is 0.864. The Hall–Kier alpha value is -2.38. The number of carbonyl (C=O) groups excluding carboxylic acids is 1. The van der Waals surface area contributed by atoms with Crippen LogP contribution in [0.5, 0.6) is 0 Å². The Morgan fingerprint density at radius 2 is 2.17 bits per heavy atom. The molecule has 0 aromatic carbocycles. The van der Waals surface area contributed by atoms with Crippen LogP contribution in [0.15, 0.2) is 30.7 Å². The van der Waals surface area contributed by atoms with Gasteiger partial charge in [-0.05, 0) is 12.1 Å². The van der Waals surface area contributed by atoms with E-state index in [2.05, 4.69) is 20.5 Å². The van der Waals surface area contributed by atoms with Gasteiger partial charge >= 0.3 is 6.18 Å². The number of aromatic nitrogens is 3. The zero-order valence-electron chi connectivity index (χ0n) is 8.82. The fourth-order valence-corrected chi connectivity index (χ4v) is 1.24. The zero-order valence-corrected chi connectivity index (χ0v) is 8.82. The van der Waals surface area contributed by atoms with Gasteiger partial charge in [0.2, 0.25) is 0 Å². The summed E-state index contributed by atoms with van der Waals surface area (Å²) in [6.45, 7) is 0. The lowest BCUT2D eigenvalue weighted by molar-refractivity contribution is -0.141. The summed E-state index contributed by atoms with van der Waals surface area (Å²) < 4.78 is 37.2. The number of nitrogens with one attached hydrogen (secondary N) is 2. The van der Waals surface area contributed by atoms with E-state index in [0.29, 0.717) is 0 Å². The van der Waals surface area contributed by atoms with Crippen LogP contribution in [0.4, 0.5) is 18.9 Å². The molecule has 0 aliphatic heterocycles. The van der Waals surface area contributed by atoms with Crippen molar-refractivity contribution in [3.63, 3.8) is 0 Å². The van der Waals surface area contributed by atoms with Gasteiger partial charge < -0.3 is 5.32 Å². The number of halogens is 3. The minimum atomic E-state index is -4.55. The Morgan fingerprint density at radius 1 is 1.39 bits per heavy atom. The van der Waals surface area contributed by atoms with Crippen LogP contribution < -0.4 is 5.32 Å². The highest BCUT2D eigenvalue weighted by Crippen LogP contribution is 2.28. The molecule has 0 fully saturated rings. The summed E-state index contributed by atoms with van der Waals surface area (Å²) in [5.41, 5.74) is -0.823. The third-order valence-electron chi connectivity index (χ3n) is 2.07. The number of H-pyrrole nitrogens is 1. The van der Waals surface area contributed by atoms with Crippen LogP contribution in [0.25, 0.3) is 0 Å². The lowest BCUT2D eigenvalue weighted by atomic mass is 10.3. The molecule has 18 heavy (non-hydrogen) atoms. The van der Waals surface area contributed by atoms with Crippen LogP contribution in [0.2, 0.25) is 0 Å². The summed E-state index contributed by atoms with van der Waals surface area (Å²) in [6, 6.07) is 2.03. The number of pyridine rings is 1. The second-order valence-corrected chi connectivity index (χ2v) is 3.37. The Balaban J connectivity index is 2.18. The fourth-order valence-electron chi connectivity index (χ4n) is 1.24. The molecule has 0 atom stereocenters. The molecule has 0 saturated heterocycles. The van der Waals surface area contributed by atoms with Crippen LogP contribution in [-0.2, 0) is 6.18 Å². The summed E-state index contributed by atoms with van der Waals surface area (Å²) in [5, 5.41) is 8.31. The van der Waals surface area contributed by atoms with Crippen LogP contribution in [-0.4, -0.2) is 21.1 Å². The lowest BCUT2D eigenvalue weighted by Crippen LogP contribution is -2.13. The first-order valence-corrected chi connectivity index (χ1v) is 4.80. The Bertz CT molecular complexity index is 551. The number of alkyl halides is 3. The van der Waals surface area contributed by atoms with Crippen LogP contribution >= 0.6 is 0 Å². The summed E-state index contributed by atoms with van der Waals surface area (Å²) in [6.07, 6.45) is -0.966. The summed E-state index contributed by atoms with van der Waals surface area (Å²) in [7, 11) is 0. The van der Waals surface area contributed by atoms with E-state index in [1.165, 1.54) is 18.5 Å². The van der Waals surface area contributed by atoms with Gasteiger partial charge in [-0.1, -0.05) is 0 Å². The number of rotatable bonds is 2. The van der Waals surface area contributed by atoms with E-state index in [1.807, 2.05) is 0 Å². The van der Waals surface area contributed by atoms with Crippen molar-refractivity contribution < 1.29 is 18.0 Å². The first-order chi connectivity index (χ1) is 8.47. The van der Waals surface area contributed by atoms with Crippen molar-refractivity contribution in [1.29, 1.82) is 0 Å². The maximum atomic E-state index is 12.4. The predicted molar refractivity (Wildman–Crippen MR) is 55.8 cm³/mol. The minimum absolute atomic E-state index is 0.0172.